The molecule has 0 aromatic carbocycles. The fourth-order valence-corrected chi connectivity index (χ4v) is 2.20. The molecule has 0 aromatic rings. The molecule has 1 unspecified atom stereocenters. The molecule has 1 rings (SSSR count). The molecule has 2 N–H and O–H groups in total. The third-order valence-electron chi connectivity index (χ3n) is 3.74. The van der Waals surface area contributed by atoms with Gasteiger partial charge in [0.25, 0.3) is 0 Å². The van der Waals surface area contributed by atoms with Gasteiger partial charge in [0.05, 0.1) is 6.54 Å². The summed E-state index contributed by atoms with van der Waals surface area (Å²) in [6, 6.07) is 0. The van der Waals surface area contributed by atoms with Gasteiger partial charge in [-0.15, -0.1) is 0 Å². The minimum Gasteiger partial charge on any atom is -0.329 e. The molecular formula is C11H22F3N3. The second-order valence-corrected chi connectivity index (χ2v) is 4.93. The van der Waals surface area contributed by atoms with Gasteiger partial charge in [0.15, 0.2) is 0 Å². The first-order valence-electron chi connectivity index (χ1n) is 6.05. The zero-order valence-electron chi connectivity index (χ0n) is 10.6. The van der Waals surface area contributed by atoms with Crippen LogP contribution in [0.25, 0.3) is 0 Å². The molecule has 0 bridgehead atoms. The monoisotopic (exact) mass is 253 g/mol. The van der Waals surface area contributed by atoms with Crippen molar-refractivity contribution >= 4 is 0 Å². The Labute approximate surface area is 101 Å². The van der Waals surface area contributed by atoms with Crippen molar-refractivity contribution in [3.63, 3.8) is 0 Å². The number of piperazine rings is 1. The largest absolute Gasteiger partial charge is 0.401 e. The number of nitrogens with zero attached hydrogens (tertiary/aromatic N) is 2. The van der Waals surface area contributed by atoms with E-state index >= 15 is 0 Å². The van der Waals surface area contributed by atoms with Crippen LogP contribution in [0.3, 0.4) is 0 Å². The van der Waals surface area contributed by atoms with Gasteiger partial charge >= 0.3 is 6.18 Å². The van der Waals surface area contributed by atoms with Crippen molar-refractivity contribution in [2.24, 2.45) is 5.73 Å². The number of hydrogen-bond donors (Lipinski definition) is 1. The van der Waals surface area contributed by atoms with E-state index in [1.54, 1.807) is 0 Å². The van der Waals surface area contributed by atoms with E-state index in [2.05, 4.69) is 18.7 Å². The van der Waals surface area contributed by atoms with Crippen LogP contribution in [0.1, 0.15) is 20.3 Å². The zero-order valence-corrected chi connectivity index (χ0v) is 10.6. The maximum atomic E-state index is 12.2. The summed E-state index contributed by atoms with van der Waals surface area (Å²) in [5.41, 5.74) is 5.67. The number of alkyl halides is 3. The summed E-state index contributed by atoms with van der Waals surface area (Å²) < 4.78 is 36.7. The second-order valence-electron chi connectivity index (χ2n) is 4.93. The van der Waals surface area contributed by atoms with E-state index in [0.29, 0.717) is 32.7 Å². The third kappa shape index (κ3) is 4.12. The molecule has 1 saturated heterocycles. The van der Waals surface area contributed by atoms with Crippen LogP contribution in [-0.4, -0.2) is 60.8 Å². The van der Waals surface area contributed by atoms with Crippen LogP contribution >= 0.6 is 0 Å². The standard InChI is InChI=1S/C11H22F3N3/c1-3-10(2,8-15)17-6-4-16(5-7-17)9-11(12,13)14/h3-9,15H2,1-2H3. The molecule has 1 fully saturated rings. The minimum atomic E-state index is -4.09. The lowest BCUT2D eigenvalue weighted by Gasteiger charge is -2.45. The van der Waals surface area contributed by atoms with E-state index < -0.39 is 12.7 Å². The summed E-state index contributed by atoms with van der Waals surface area (Å²) in [5, 5.41) is 0. The van der Waals surface area contributed by atoms with Gasteiger partial charge in [0.1, 0.15) is 0 Å². The molecule has 0 radical (unpaired) electrons. The molecule has 0 aromatic heterocycles. The number of hydrogen-bond acceptors (Lipinski definition) is 3. The van der Waals surface area contributed by atoms with Crippen molar-refractivity contribution in [2.45, 2.75) is 32.0 Å². The Balaban J connectivity index is 2.45. The maximum Gasteiger partial charge on any atom is 0.401 e. The Hall–Kier alpha value is -0.330. The first-order chi connectivity index (χ1) is 7.80. The Morgan fingerprint density at radius 3 is 2.00 bits per heavy atom. The Kier molecular flexibility index (Phi) is 4.80. The van der Waals surface area contributed by atoms with Gasteiger partial charge in [0, 0.05) is 38.3 Å². The predicted molar refractivity (Wildman–Crippen MR) is 61.8 cm³/mol. The summed E-state index contributed by atoms with van der Waals surface area (Å²) >= 11 is 0. The van der Waals surface area contributed by atoms with Crippen LogP contribution in [0.4, 0.5) is 13.2 Å². The highest BCUT2D eigenvalue weighted by molar-refractivity contribution is 4.89. The third-order valence-corrected chi connectivity index (χ3v) is 3.74. The molecule has 6 heteroatoms. The zero-order chi connectivity index (χ0) is 13.1. The van der Waals surface area contributed by atoms with Gasteiger partial charge in [-0.1, -0.05) is 6.92 Å². The summed E-state index contributed by atoms with van der Waals surface area (Å²) in [5.74, 6) is 0. The fourth-order valence-electron chi connectivity index (χ4n) is 2.20. The molecule has 0 aliphatic carbocycles. The van der Waals surface area contributed by atoms with E-state index in [1.165, 1.54) is 4.90 Å². The highest BCUT2D eigenvalue weighted by Gasteiger charge is 2.35. The van der Waals surface area contributed by atoms with Crippen LogP contribution < -0.4 is 5.73 Å². The first kappa shape index (κ1) is 14.7. The van der Waals surface area contributed by atoms with Crippen LogP contribution in [0.2, 0.25) is 0 Å². The SMILES string of the molecule is CCC(C)(CN)N1CCN(CC(F)(F)F)CC1. The molecule has 0 saturated carbocycles. The Bertz CT molecular complexity index is 231. The Morgan fingerprint density at radius 2 is 1.65 bits per heavy atom. The van der Waals surface area contributed by atoms with E-state index in [4.69, 9.17) is 5.73 Å². The van der Waals surface area contributed by atoms with Crippen molar-refractivity contribution < 1.29 is 13.2 Å². The lowest BCUT2D eigenvalue weighted by Crippen LogP contribution is -2.59. The van der Waals surface area contributed by atoms with Gasteiger partial charge in [-0.3, -0.25) is 9.80 Å². The summed E-state index contributed by atoms with van der Waals surface area (Å²) in [7, 11) is 0. The first-order valence-corrected chi connectivity index (χ1v) is 6.05. The Morgan fingerprint density at radius 1 is 1.12 bits per heavy atom. The molecule has 0 spiro atoms. The van der Waals surface area contributed by atoms with Gasteiger partial charge in [-0.05, 0) is 13.3 Å². The fraction of sp³-hybridized carbons (Fsp3) is 1.00. The van der Waals surface area contributed by atoms with Gasteiger partial charge in [-0.25, -0.2) is 0 Å². The van der Waals surface area contributed by atoms with Crippen molar-refractivity contribution in [2.75, 3.05) is 39.3 Å². The lowest BCUT2D eigenvalue weighted by atomic mass is 9.95. The van der Waals surface area contributed by atoms with Crippen LogP contribution in [0.15, 0.2) is 0 Å². The quantitative estimate of drug-likeness (QED) is 0.819. The molecule has 1 atom stereocenters. The summed E-state index contributed by atoms with van der Waals surface area (Å²) in [4.78, 5) is 3.67. The van der Waals surface area contributed by atoms with E-state index in [1.807, 2.05) is 0 Å². The van der Waals surface area contributed by atoms with E-state index in [0.717, 1.165) is 6.42 Å². The van der Waals surface area contributed by atoms with Crippen LogP contribution in [0, 0.1) is 0 Å². The average molecular weight is 253 g/mol. The molecule has 102 valence electrons. The van der Waals surface area contributed by atoms with E-state index in [9.17, 15) is 13.2 Å². The molecule has 1 aliphatic heterocycles. The lowest BCUT2D eigenvalue weighted by molar-refractivity contribution is -0.150. The number of halogens is 3. The molecule has 17 heavy (non-hydrogen) atoms. The maximum absolute atomic E-state index is 12.2. The molecule has 3 nitrogen and oxygen atoms in total. The van der Waals surface area contributed by atoms with Gasteiger partial charge < -0.3 is 5.73 Å². The predicted octanol–water partition coefficient (Wildman–Crippen LogP) is 1.29. The van der Waals surface area contributed by atoms with Crippen molar-refractivity contribution in [1.82, 2.24) is 9.80 Å². The minimum absolute atomic E-state index is 0.0790. The topological polar surface area (TPSA) is 32.5 Å². The highest BCUT2D eigenvalue weighted by Crippen LogP contribution is 2.22. The van der Waals surface area contributed by atoms with Gasteiger partial charge in [-0.2, -0.15) is 13.2 Å². The normalized spacial score (nSPS) is 23.6. The van der Waals surface area contributed by atoms with Crippen LogP contribution in [-0.2, 0) is 0 Å². The second kappa shape index (κ2) is 5.54. The summed E-state index contributed by atoms with van der Waals surface area (Å²) in [6.07, 6.45) is -3.17. The van der Waals surface area contributed by atoms with Crippen molar-refractivity contribution in [3.8, 4) is 0 Å². The smallest absolute Gasteiger partial charge is 0.329 e. The highest BCUT2D eigenvalue weighted by atomic mass is 19.4. The molecule has 0 amide bonds. The average Bonchev–Trinajstić information content (AvgIpc) is 2.27. The summed E-state index contributed by atoms with van der Waals surface area (Å²) in [6.45, 7) is 6.15. The molecular weight excluding hydrogens is 231 g/mol. The van der Waals surface area contributed by atoms with Crippen molar-refractivity contribution in [1.29, 1.82) is 0 Å². The van der Waals surface area contributed by atoms with Crippen LogP contribution in [0.5, 0.6) is 0 Å². The molecule has 1 aliphatic rings. The van der Waals surface area contributed by atoms with Gasteiger partial charge in [0.2, 0.25) is 0 Å². The number of rotatable bonds is 4. The number of nitrogens with two attached hydrogens (primary N) is 1. The van der Waals surface area contributed by atoms with E-state index in [-0.39, 0.29) is 5.54 Å². The van der Waals surface area contributed by atoms with Crippen molar-refractivity contribution in [3.05, 3.63) is 0 Å². The molecule has 1 heterocycles.